The Hall–Kier alpha value is -1.59. The Labute approximate surface area is 119 Å². The number of hydrogen-bond donors (Lipinski definition) is 1. The number of carbonyl (C=O) groups is 1. The molecule has 0 saturated heterocycles. The minimum absolute atomic E-state index is 0.0774. The Bertz CT molecular complexity index is 597. The van der Waals surface area contributed by atoms with Crippen molar-refractivity contribution in [1.82, 2.24) is 4.98 Å². The average molecular weight is 298 g/mol. The Morgan fingerprint density at radius 1 is 1.53 bits per heavy atom. The zero-order valence-electron chi connectivity index (χ0n) is 10.2. The summed E-state index contributed by atoms with van der Waals surface area (Å²) in [5.74, 6) is -0.373. The van der Waals surface area contributed by atoms with Gasteiger partial charge in [0.2, 0.25) is 0 Å². The van der Waals surface area contributed by atoms with Crippen LogP contribution in [0.3, 0.4) is 0 Å². The Morgan fingerprint density at radius 2 is 2.32 bits per heavy atom. The van der Waals surface area contributed by atoms with Crippen molar-refractivity contribution in [3.05, 3.63) is 44.9 Å². The van der Waals surface area contributed by atoms with Gasteiger partial charge in [0.05, 0.1) is 16.6 Å². The lowest BCUT2D eigenvalue weighted by Crippen LogP contribution is -2.03. The molecule has 0 radical (unpaired) electrons. The monoisotopic (exact) mass is 297 g/mol. The third kappa shape index (κ3) is 3.68. The van der Waals surface area contributed by atoms with Crippen LogP contribution in [0, 0.1) is 6.92 Å². The van der Waals surface area contributed by atoms with Crippen LogP contribution in [0.2, 0.25) is 5.02 Å². The van der Waals surface area contributed by atoms with Gasteiger partial charge in [-0.15, -0.1) is 11.3 Å². The lowest BCUT2D eigenvalue weighted by atomic mass is 10.2. The highest BCUT2D eigenvalue weighted by molar-refractivity contribution is 7.09. The number of carboxylic acid groups (broad SMARTS) is 1. The van der Waals surface area contributed by atoms with E-state index in [0.29, 0.717) is 23.8 Å². The molecule has 1 N–H and O–H groups in total. The molecule has 4 nitrogen and oxygen atoms in total. The number of thiazole rings is 1. The van der Waals surface area contributed by atoms with Crippen molar-refractivity contribution in [2.45, 2.75) is 13.3 Å². The van der Waals surface area contributed by atoms with E-state index in [0.717, 1.165) is 10.6 Å². The van der Waals surface area contributed by atoms with Crippen molar-refractivity contribution in [1.29, 1.82) is 0 Å². The van der Waals surface area contributed by atoms with Crippen molar-refractivity contribution in [2.24, 2.45) is 0 Å². The summed E-state index contributed by atoms with van der Waals surface area (Å²) in [5.41, 5.74) is 1.15. The smallest absolute Gasteiger partial charge is 0.355 e. The van der Waals surface area contributed by atoms with Gasteiger partial charge in [0, 0.05) is 11.8 Å². The zero-order valence-corrected chi connectivity index (χ0v) is 11.8. The van der Waals surface area contributed by atoms with Crippen LogP contribution in [0.5, 0.6) is 5.75 Å². The van der Waals surface area contributed by atoms with Gasteiger partial charge in [-0.25, -0.2) is 9.78 Å². The van der Waals surface area contributed by atoms with Crippen molar-refractivity contribution in [3.63, 3.8) is 0 Å². The van der Waals surface area contributed by atoms with Crippen molar-refractivity contribution >= 4 is 28.9 Å². The number of aryl methyl sites for hydroxylation is 1. The van der Waals surface area contributed by atoms with E-state index in [9.17, 15) is 4.79 Å². The second kappa shape index (κ2) is 6.04. The lowest BCUT2D eigenvalue weighted by Gasteiger charge is -2.07. The molecule has 1 aromatic heterocycles. The fraction of sp³-hybridized carbons (Fsp3) is 0.231. The highest BCUT2D eigenvalue weighted by Crippen LogP contribution is 2.25. The first-order chi connectivity index (χ1) is 9.06. The Morgan fingerprint density at radius 3 is 3.00 bits per heavy atom. The number of nitrogens with zero attached hydrogens (tertiary/aromatic N) is 1. The van der Waals surface area contributed by atoms with Crippen LogP contribution in [0.4, 0.5) is 0 Å². The summed E-state index contributed by atoms with van der Waals surface area (Å²) in [6, 6.07) is 5.57. The first-order valence-corrected chi connectivity index (χ1v) is 6.88. The molecule has 0 aliphatic heterocycles. The minimum Gasteiger partial charge on any atom is -0.492 e. The molecule has 19 heavy (non-hydrogen) atoms. The van der Waals surface area contributed by atoms with Crippen LogP contribution in [-0.2, 0) is 6.42 Å². The summed E-state index contributed by atoms with van der Waals surface area (Å²) in [6.07, 6.45) is 0.558. The molecule has 6 heteroatoms. The SMILES string of the molecule is Cc1ccc(Cl)c(OCCc2nc(C(=O)O)cs2)c1. The number of halogens is 1. The van der Waals surface area contributed by atoms with E-state index in [4.69, 9.17) is 21.4 Å². The fourth-order valence-corrected chi connectivity index (χ4v) is 2.42. The third-order valence-electron chi connectivity index (χ3n) is 2.43. The molecule has 0 fully saturated rings. The number of benzene rings is 1. The topological polar surface area (TPSA) is 59.4 Å². The van der Waals surface area contributed by atoms with Crippen LogP contribution in [0.1, 0.15) is 21.1 Å². The highest BCUT2D eigenvalue weighted by Gasteiger charge is 2.09. The maximum atomic E-state index is 10.7. The number of aromatic nitrogens is 1. The maximum absolute atomic E-state index is 10.7. The summed E-state index contributed by atoms with van der Waals surface area (Å²) in [7, 11) is 0. The molecule has 0 spiro atoms. The molecule has 0 aliphatic carbocycles. The normalized spacial score (nSPS) is 10.4. The van der Waals surface area contributed by atoms with E-state index in [1.165, 1.54) is 16.7 Å². The summed E-state index contributed by atoms with van der Waals surface area (Å²) in [6.45, 7) is 2.37. The summed E-state index contributed by atoms with van der Waals surface area (Å²) in [5, 5.41) is 11.6. The van der Waals surface area contributed by atoms with Crippen LogP contribution in [-0.4, -0.2) is 22.7 Å². The van der Waals surface area contributed by atoms with Crippen molar-refractivity contribution in [2.75, 3.05) is 6.61 Å². The summed E-state index contributed by atoms with van der Waals surface area (Å²) in [4.78, 5) is 14.7. The molecule has 0 unspecified atom stereocenters. The van der Waals surface area contributed by atoms with Gasteiger partial charge >= 0.3 is 5.97 Å². The molecule has 2 rings (SSSR count). The Balaban J connectivity index is 1.92. The van der Waals surface area contributed by atoms with Gasteiger partial charge in [-0.05, 0) is 24.6 Å². The number of ether oxygens (including phenoxy) is 1. The molecule has 0 saturated carbocycles. The van der Waals surface area contributed by atoms with Gasteiger partial charge in [-0.3, -0.25) is 0 Å². The van der Waals surface area contributed by atoms with Crippen LogP contribution in [0.15, 0.2) is 23.6 Å². The second-order valence-electron chi connectivity index (χ2n) is 3.96. The van der Waals surface area contributed by atoms with Gasteiger partial charge < -0.3 is 9.84 Å². The third-order valence-corrected chi connectivity index (χ3v) is 3.65. The first kappa shape index (κ1) is 13.8. The molecule has 100 valence electrons. The van der Waals surface area contributed by atoms with Gasteiger partial charge in [0.1, 0.15) is 5.75 Å². The van der Waals surface area contributed by atoms with E-state index in [1.807, 2.05) is 19.1 Å². The van der Waals surface area contributed by atoms with Crippen LogP contribution >= 0.6 is 22.9 Å². The lowest BCUT2D eigenvalue weighted by molar-refractivity contribution is 0.0691. The largest absolute Gasteiger partial charge is 0.492 e. The molecule has 0 amide bonds. The van der Waals surface area contributed by atoms with Gasteiger partial charge in [0.25, 0.3) is 0 Å². The number of carboxylic acids is 1. The molecule has 0 bridgehead atoms. The predicted molar refractivity (Wildman–Crippen MR) is 74.5 cm³/mol. The van der Waals surface area contributed by atoms with E-state index in [2.05, 4.69) is 4.98 Å². The van der Waals surface area contributed by atoms with Crippen molar-refractivity contribution in [3.8, 4) is 5.75 Å². The van der Waals surface area contributed by atoms with E-state index >= 15 is 0 Å². The molecular weight excluding hydrogens is 286 g/mol. The number of aromatic carboxylic acids is 1. The van der Waals surface area contributed by atoms with Crippen LogP contribution < -0.4 is 4.74 Å². The molecule has 1 heterocycles. The molecular formula is C13H12ClNO3S. The van der Waals surface area contributed by atoms with Crippen LogP contribution in [0.25, 0.3) is 0 Å². The van der Waals surface area contributed by atoms with E-state index < -0.39 is 5.97 Å². The minimum atomic E-state index is -1.01. The van der Waals surface area contributed by atoms with E-state index in [-0.39, 0.29) is 5.69 Å². The average Bonchev–Trinajstić information content (AvgIpc) is 2.82. The maximum Gasteiger partial charge on any atom is 0.355 e. The standard InChI is InChI=1S/C13H12ClNO3S/c1-8-2-3-9(14)11(6-8)18-5-4-12-15-10(7-19-12)13(16)17/h2-3,6-7H,4-5H2,1H3,(H,16,17). The first-order valence-electron chi connectivity index (χ1n) is 5.63. The molecule has 2 aromatic rings. The summed E-state index contributed by atoms with van der Waals surface area (Å²) >= 11 is 7.32. The highest BCUT2D eigenvalue weighted by atomic mass is 35.5. The molecule has 0 atom stereocenters. The zero-order chi connectivity index (χ0) is 13.8. The van der Waals surface area contributed by atoms with E-state index in [1.54, 1.807) is 6.07 Å². The predicted octanol–water partition coefficient (Wildman–Crippen LogP) is 3.42. The number of rotatable bonds is 5. The quantitative estimate of drug-likeness (QED) is 0.918. The van der Waals surface area contributed by atoms with Gasteiger partial charge in [-0.2, -0.15) is 0 Å². The second-order valence-corrected chi connectivity index (χ2v) is 5.31. The summed E-state index contributed by atoms with van der Waals surface area (Å²) < 4.78 is 5.58. The van der Waals surface area contributed by atoms with Gasteiger partial charge in [-0.1, -0.05) is 17.7 Å². The van der Waals surface area contributed by atoms with Gasteiger partial charge in [0.15, 0.2) is 5.69 Å². The molecule has 1 aromatic carbocycles. The fourth-order valence-electron chi connectivity index (χ4n) is 1.49. The molecule has 0 aliphatic rings. The number of hydrogen-bond acceptors (Lipinski definition) is 4. The Kier molecular flexibility index (Phi) is 4.39. The van der Waals surface area contributed by atoms with Crippen molar-refractivity contribution < 1.29 is 14.6 Å².